The molecule has 3 aromatic rings. The number of carbonyl (C=O) groups excluding carboxylic acids is 2. The van der Waals surface area contributed by atoms with Crippen LogP contribution in [0.4, 0.5) is 5.69 Å². The smallest absolute Gasteiger partial charge is 0.264 e. The number of amides is 2. The van der Waals surface area contributed by atoms with Crippen molar-refractivity contribution in [1.29, 1.82) is 0 Å². The van der Waals surface area contributed by atoms with Crippen LogP contribution in [0.25, 0.3) is 0 Å². The molecule has 0 unspecified atom stereocenters. The van der Waals surface area contributed by atoms with E-state index in [9.17, 15) is 18.0 Å². The first kappa shape index (κ1) is 29.7. The first-order chi connectivity index (χ1) is 17.9. The van der Waals surface area contributed by atoms with E-state index < -0.39 is 28.5 Å². The highest BCUT2D eigenvalue weighted by Gasteiger charge is 2.33. The number of anilines is 1. The molecule has 0 bridgehead atoms. The molecule has 3 aromatic carbocycles. The number of halogens is 2. The fourth-order valence-corrected chi connectivity index (χ4v) is 5.79. The van der Waals surface area contributed by atoms with E-state index in [1.807, 2.05) is 31.2 Å². The van der Waals surface area contributed by atoms with Gasteiger partial charge in [-0.05, 0) is 75.2 Å². The monoisotopic (exact) mass is 619 g/mol. The van der Waals surface area contributed by atoms with Crippen LogP contribution in [0.5, 0.6) is 0 Å². The first-order valence-corrected chi connectivity index (χ1v) is 14.7. The van der Waals surface area contributed by atoms with Gasteiger partial charge < -0.3 is 10.2 Å². The molecule has 38 heavy (non-hydrogen) atoms. The molecule has 0 saturated carbocycles. The van der Waals surface area contributed by atoms with Crippen LogP contribution in [0.3, 0.4) is 0 Å². The number of aryl methyl sites for hydroxylation is 2. The van der Waals surface area contributed by atoms with Gasteiger partial charge in [-0.1, -0.05) is 63.4 Å². The summed E-state index contributed by atoms with van der Waals surface area (Å²) in [5.41, 5.74) is 2.63. The van der Waals surface area contributed by atoms with Crippen LogP contribution in [0.2, 0.25) is 5.02 Å². The highest BCUT2D eigenvalue weighted by atomic mass is 79.9. The van der Waals surface area contributed by atoms with Gasteiger partial charge in [0.25, 0.3) is 10.0 Å². The first-order valence-electron chi connectivity index (χ1n) is 12.1. The van der Waals surface area contributed by atoms with Crippen molar-refractivity contribution in [3.63, 3.8) is 0 Å². The van der Waals surface area contributed by atoms with Crippen molar-refractivity contribution in [2.24, 2.45) is 0 Å². The average Bonchev–Trinajstić information content (AvgIpc) is 2.88. The van der Waals surface area contributed by atoms with Gasteiger partial charge in [0, 0.05) is 22.6 Å². The van der Waals surface area contributed by atoms with Crippen LogP contribution in [0, 0.1) is 13.8 Å². The van der Waals surface area contributed by atoms with Crippen LogP contribution in [-0.4, -0.2) is 44.3 Å². The number of sulfonamides is 1. The van der Waals surface area contributed by atoms with Crippen LogP contribution >= 0.6 is 27.5 Å². The summed E-state index contributed by atoms with van der Waals surface area (Å²) in [5, 5.41) is 3.09. The lowest BCUT2D eigenvalue weighted by atomic mass is 10.1. The summed E-state index contributed by atoms with van der Waals surface area (Å²) in [6.45, 7) is 7.05. The lowest BCUT2D eigenvalue weighted by Crippen LogP contribution is -2.51. The van der Waals surface area contributed by atoms with Gasteiger partial charge in [-0.15, -0.1) is 0 Å². The van der Waals surface area contributed by atoms with Gasteiger partial charge in [0.05, 0.1) is 10.6 Å². The second-order valence-electron chi connectivity index (χ2n) is 8.97. The molecule has 0 saturated heterocycles. The topological polar surface area (TPSA) is 86.8 Å². The fourth-order valence-electron chi connectivity index (χ4n) is 3.89. The number of benzene rings is 3. The predicted molar refractivity (Wildman–Crippen MR) is 155 cm³/mol. The molecule has 0 radical (unpaired) electrons. The Kier molecular flexibility index (Phi) is 9.98. The summed E-state index contributed by atoms with van der Waals surface area (Å²) >= 11 is 9.65. The molecule has 3 rings (SSSR count). The highest BCUT2D eigenvalue weighted by Crippen LogP contribution is 2.30. The molecule has 0 spiro atoms. The van der Waals surface area contributed by atoms with Gasteiger partial charge in [0.15, 0.2) is 0 Å². The normalized spacial score (nSPS) is 12.1. The Morgan fingerprint density at radius 1 is 1.00 bits per heavy atom. The molecule has 0 aliphatic heterocycles. The van der Waals surface area contributed by atoms with E-state index in [4.69, 9.17) is 11.6 Å². The Labute approximate surface area is 238 Å². The Hall–Kier alpha value is -2.88. The number of carbonyl (C=O) groups is 2. The summed E-state index contributed by atoms with van der Waals surface area (Å²) in [4.78, 5) is 28.1. The number of likely N-dealkylation sites (N-methyl/N-ethyl adjacent to an activating group) is 1. The van der Waals surface area contributed by atoms with E-state index in [1.54, 1.807) is 45.0 Å². The minimum absolute atomic E-state index is 0.0477. The van der Waals surface area contributed by atoms with E-state index in [-0.39, 0.29) is 17.3 Å². The molecular formula is C28H31BrClN3O4S. The van der Waals surface area contributed by atoms with E-state index in [0.29, 0.717) is 22.8 Å². The molecule has 1 N–H and O–H groups in total. The van der Waals surface area contributed by atoms with Gasteiger partial charge in [0.2, 0.25) is 11.8 Å². The number of hydrogen-bond donors (Lipinski definition) is 1. The van der Waals surface area contributed by atoms with Crippen molar-refractivity contribution >= 4 is 55.1 Å². The molecule has 202 valence electrons. The molecule has 0 aliphatic rings. The second-order valence-corrected chi connectivity index (χ2v) is 12.2. The van der Waals surface area contributed by atoms with Gasteiger partial charge in [-0.2, -0.15) is 0 Å². The zero-order chi connectivity index (χ0) is 28.0. The maximum Gasteiger partial charge on any atom is 0.264 e. The maximum atomic E-state index is 13.9. The standard InChI is InChI=1S/C28H31BrClN3O4S/c1-5-31-28(35)21(4)32(17-22-9-11-23(29)12-10-22)27(34)18-33(26-16-24(30)13-8-20(26)3)38(36,37)25-14-6-19(2)7-15-25/h6-16,21H,5,17-18H2,1-4H3,(H,31,35)/t21-/m0/s1. The zero-order valence-electron chi connectivity index (χ0n) is 21.7. The quantitative estimate of drug-likeness (QED) is 0.326. The third-order valence-corrected chi connectivity index (χ3v) is 8.65. The Morgan fingerprint density at radius 3 is 2.24 bits per heavy atom. The molecule has 0 aliphatic carbocycles. The highest BCUT2D eigenvalue weighted by molar-refractivity contribution is 9.10. The second kappa shape index (κ2) is 12.8. The van der Waals surface area contributed by atoms with Gasteiger partial charge >= 0.3 is 0 Å². The SMILES string of the molecule is CCNC(=O)[C@H](C)N(Cc1ccc(Br)cc1)C(=O)CN(c1cc(Cl)ccc1C)S(=O)(=O)c1ccc(C)cc1. The van der Waals surface area contributed by atoms with Gasteiger partial charge in [-0.3, -0.25) is 13.9 Å². The third-order valence-electron chi connectivity index (χ3n) is 6.11. The molecule has 0 heterocycles. The molecule has 2 amide bonds. The summed E-state index contributed by atoms with van der Waals surface area (Å²) in [6, 6.07) is 17.9. The van der Waals surface area contributed by atoms with Crippen molar-refractivity contribution in [2.75, 3.05) is 17.4 Å². The van der Waals surface area contributed by atoms with Crippen LogP contribution in [0.1, 0.15) is 30.5 Å². The minimum Gasteiger partial charge on any atom is -0.355 e. The van der Waals surface area contributed by atoms with Gasteiger partial charge in [-0.25, -0.2) is 8.42 Å². The number of nitrogens with one attached hydrogen (secondary N) is 1. The molecular weight excluding hydrogens is 590 g/mol. The summed E-state index contributed by atoms with van der Waals surface area (Å²) in [6.07, 6.45) is 0. The van der Waals surface area contributed by atoms with Crippen LogP contribution in [0.15, 0.2) is 76.1 Å². The van der Waals surface area contributed by atoms with E-state index in [1.165, 1.54) is 23.1 Å². The molecule has 0 fully saturated rings. The van der Waals surface area contributed by atoms with Crippen molar-refractivity contribution in [3.05, 3.63) is 92.9 Å². The Bertz CT molecular complexity index is 1400. The van der Waals surface area contributed by atoms with Crippen molar-refractivity contribution in [1.82, 2.24) is 10.2 Å². The minimum atomic E-state index is -4.15. The van der Waals surface area contributed by atoms with E-state index in [2.05, 4.69) is 21.2 Å². The number of rotatable bonds is 10. The largest absolute Gasteiger partial charge is 0.355 e. The summed E-state index contributed by atoms with van der Waals surface area (Å²) in [5.74, 6) is -0.855. The lowest BCUT2D eigenvalue weighted by molar-refractivity contribution is -0.139. The van der Waals surface area contributed by atoms with Gasteiger partial charge in [0.1, 0.15) is 12.6 Å². The van der Waals surface area contributed by atoms with Crippen LogP contribution in [-0.2, 0) is 26.2 Å². The Morgan fingerprint density at radius 2 is 1.63 bits per heavy atom. The zero-order valence-corrected chi connectivity index (χ0v) is 24.9. The summed E-state index contributed by atoms with van der Waals surface area (Å²) in [7, 11) is -4.15. The average molecular weight is 621 g/mol. The van der Waals surface area contributed by atoms with Crippen molar-refractivity contribution in [2.45, 2.75) is 45.2 Å². The third kappa shape index (κ3) is 7.15. The number of hydrogen-bond acceptors (Lipinski definition) is 4. The summed E-state index contributed by atoms with van der Waals surface area (Å²) < 4.78 is 29.7. The van der Waals surface area contributed by atoms with E-state index >= 15 is 0 Å². The van der Waals surface area contributed by atoms with Crippen molar-refractivity contribution < 1.29 is 18.0 Å². The van der Waals surface area contributed by atoms with E-state index in [0.717, 1.165) is 19.9 Å². The molecule has 0 aromatic heterocycles. The fraction of sp³-hybridized carbons (Fsp3) is 0.286. The molecule has 10 heteroatoms. The lowest BCUT2D eigenvalue weighted by Gasteiger charge is -2.32. The number of nitrogens with zero attached hydrogens (tertiary/aromatic N) is 2. The van der Waals surface area contributed by atoms with Crippen LogP contribution < -0.4 is 9.62 Å². The Balaban J connectivity index is 2.07. The van der Waals surface area contributed by atoms with Crippen molar-refractivity contribution in [3.8, 4) is 0 Å². The molecule has 1 atom stereocenters. The maximum absolute atomic E-state index is 13.9. The molecule has 7 nitrogen and oxygen atoms in total. The predicted octanol–water partition coefficient (Wildman–Crippen LogP) is 5.47.